The van der Waals surface area contributed by atoms with Gasteiger partial charge in [-0.25, -0.2) is 0 Å². The highest BCUT2D eigenvalue weighted by Gasteiger charge is 2.39. The van der Waals surface area contributed by atoms with Gasteiger partial charge in [0, 0.05) is 56.3 Å². The van der Waals surface area contributed by atoms with Gasteiger partial charge in [-0.1, -0.05) is 133 Å². The molecule has 0 bridgehead atoms. The first-order chi connectivity index (χ1) is 27.3. The maximum atomic E-state index is 15.0. The van der Waals surface area contributed by atoms with E-state index in [-0.39, 0.29) is 30.0 Å². The second-order valence-corrected chi connectivity index (χ2v) is 19.9. The number of unbranched alkanes of at least 4 members (excludes halogenated alkanes) is 1. The number of carbonyl (C=O) groups is 4. The van der Waals surface area contributed by atoms with Crippen LogP contribution in [0.25, 0.3) is 0 Å². The first-order valence-corrected chi connectivity index (χ1v) is 22.5. The Morgan fingerprint density at radius 3 is 1.19 bits per heavy atom. The molecule has 0 aliphatic heterocycles. The molecular weight excluding hydrogens is 746 g/mol. The minimum atomic E-state index is -3.81. The van der Waals surface area contributed by atoms with Crippen molar-refractivity contribution in [2.75, 3.05) is 0 Å². The average Bonchev–Trinajstić information content (AvgIpc) is 3.22. The quantitative estimate of drug-likeness (QED) is 0.0583. The van der Waals surface area contributed by atoms with Gasteiger partial charge in [0.1, 0.15) is 0 Å². The predicted octanol–water partition coefficient (Wildman–Crippen LogP) is 10.2. The molecule has 0 atom stereocenters. The van der Waals surface area contributed by atoms with Gasteiger partial charge in [0.2, 0.25) is 25.3 Å². The summed E-state index contributed by atoms with van der Waals surface area (Å²) in [6.45, 7) is 9.00. The van der Waals surface area contributed by atoms with E-state index in [2.05, 4.69) is 0 Å². The number of Topliss-reactive ketones (excluding diaryl/α,β-unsaturated/α-hetero) is 2. The summed E-state index contributed by atoms with van der Waals surface area (Å²) in [7, 11) is -7.59. The molecule has 6 aromatic rings. The molecule has 0 unspecified atom stereocenters. The lowest BCUT2D eigenvalue weighted by atomic mass is 9.89. The van der Waals surface area contributed by atoms with Crippen molar-refractivity contribution in [1.82, 2.24) is 0 Å². The molecule has 8 heteroatoms. The van der Waals surface area contributed by atoms with Crippen LogP contribution in [0.1, 0.15) is 94.9 Å². The smallest absolute Gasteiger partial charge is 0.230 e. The van der Waals surface area contributed by atoms with Gasteiger partial charge in [0.05, 0.1) is 0 Å². The SMILES string of the molecule is Cc1cc(C)c(C(=O)P(=O)(c2ccccc2)c2ccccc2)cc1C(=O)CCCCC(=O)c1c(C)cc(C)c(C(=O)P(=O)(c2ccccc2)c2ccccc2)c1C. The average molecular weight is 793 g/mol. The van der Waals surface area contributed by atoms with Crippen LogP contribution in [0.5, 0.6) is 0 Å². The number of rotatable bonds is 15. The zero-order valence-corrected chi connectivity index (χ0v) is 34.7. The second kappa shape index (κ2) is 17.3. The fourth-order valence-electron chi connectivity index (χ4n) is 7.80. The van der Waals surface area contributed by atoms with E-state index >= 15 is 0 Å². The maximum absolute atomic E-state index is 15.0. The normalized spacial score (nSPS) is 11.6. The first kappa shape index (κ1) is 41.1. The van der Waals surface area contributed by atoms with Gasteiger partial charge in [-0.3, -0.25) is 19.2 Å². The lowest BCUT2D eigenvalue weighted by Gasteiger charge is -2.22. The van der Waals surface area contributed by atoms with Crippen molar-refractivity contribution in [2.45, 2.75) is 60.3 Å². The van der Waals surface area contributed by atoms with Crippen LogP contribution < -0.4 is 21.2 Å². The molecule has 6 aromatic carbocycles. The monoisotopic (exact) mass is 792 g/mol. The highest BCUT2D eigenvalue weighted by molar-refractivity contribution is 7.94. The first-order valence-electron chi connectivity index (χ1n) is 19.1. The van der Waals surface area contributed by atoms with Crippen LogP contribution in [0.15, 0.2) is 140 Å². The number of benzene rings is 6. The molecule has 0 radical (unpaired) electrons. The van der Waals surface area contributed by atoms with E-state index in [1.807, 2.05) is 51.1 Å². The number of carbonyl (C=O) groups excluding carboxylic acids is 4. The molecule has 0 aliphatic rings. The number of ketones is 2. The Morgan fingerprint density at radius 1 is 0.404 bits per heavy atom. The third-order valence-corrected chi connectivity index (χ3v) is 16.4. The van der Waals surface area contributed by atoms with Crippen molar-refractivity contribution in [2.24, 2.45) is 0 Å². The van der Waals surface area contributed by atoms with Crippen LogP contribution >= 0.6 is 14.3 Å². The van der Waals surface area contributed by atoms with Gasteiger partial charge in [0.15, 0.2) is 11.6 Å². The second-order valence-electron chi connectivity index (χ2n) is 14.6. The number of aryl methyl sites for hydroxylation is 4. The Bertz CT molecular complexity index is 2490. The van der Waals surface area contributed by atoms with Gasteiger partial charge >= 0.3 is 0 Å². The molecule has 0 spiro atoms. The summed E-state index contributed by atoms with van der Waals surface area (Å²) in [6.07, 6.45) is 1.13. The van der Waals surface area contributed by atoms with Crippen molar-refractivity contribution in [3.63, 3.8) is 0 Å². The van der Waals surface area contributed by atoms with E-state index in [1.54, 1.807) is 123 Å². The summed E-state index contributed by atoms with van der Waals surface area (Å²) < 4.78 is 29.8. The predicted molar refractivity (Wildman–Crippen MR) is 232 cm³/mol. The van der Waals surface area contributed by atoms with Crippen LogP contribution in [0.2, 0.25) is 0 Å². The summed E-state index contributed by atoms with van der Waals surface area (Å²) >= 11 is 0. The fraction of sp³-hybridized carbons (Fsp3) is 0.184. The van der Waals surface area contributed by atoms with Gasteiger partial charge in [-0.2, -0.15) is 0 Å². The Balaban J connectivity index is 1.21. The maximum Gasteiger partial charge on any atom is 0.230 e. The van der Waals surface area contributed by atoms with Gasteiger partial charge in [-0.15, -0.1) is 0 Å². The van der Waals surface area contributed by atoms with Crippen molar-refractivity contribution >= 4 is 58.1 Å². The topological polar surface area (TPSA) is 102 Å². The van der Waals surface area contributed by atoms with Crippen LogP contribution in [0.4, 0.5) is 0 Å². The summed E-state index contributed by atoms with van der Waals surface area (Å²) in [5.74, 6) is -0.325. The Kier molecular flexibility index (Phi) is 12.5. The van der Waals surface area contributed by atoms with Crippen LogP contribution in [0.3, 0.4) is 0 Å². The summed E-state index contributed by atoms with van der Waals surface area (Å²) in [5.41, 5.74) is 3.55. The molecule has 57 heavy (non-hydrogen) atoms. The molecule has 0 aliphatic carbocycles. The van der Waals surface area contributed by atoms with Gasteiger partial charge in [0.25, 0.3) is 0 Å². The van der Waals surface area contributed by atoms with Crippen molar-refractivity contribution < 1.29 is 28.3 Å². The third-order valence-electron chi connectivity index (χ3n) is 10.7. The summed E-state index contributed by atoms with van der Waals surface area (Å²) in [5, 5.41) is 1.71. The van der Waals surface area contributed by atoms with E-state index in [1.165, 1.54) is 0 Å². The van der Waals surface area contributed by atoms with Crippen LogP contribution in [-0.4, -0.2) is 22.6 Å². The molecule has 288 valence electrons. The third kappa shape index (κ3) is 8.03. The number of hydrogen-bond acceptors (Lipinski definition) is 6. The highest BCUT2D eigenvalue weighted by atomic mass is 31.2. The van der Waals surface area contributed by atoms with E-state index in [9.17, 15) is 28.3 Å². The Hall–Kier alpha value is -5.54. The zero-order chi connectivity index (χ0) is 40.9. The molecule has 0 N–H and O–H groups in total. The lowest BCUT2D eigenvalue weighted by molar-refractivity contribution is 0.0953. The molecule has 6 nitrogen and oxygen atoms in total. The lowest BCUT2D eigenvalue weighted by Crippen LogP contribution is -2.24. The Labute approximate surface area is 335 Å². The molecule has 6 rings (SSSR count). The molecule has 0 saturated carbocycles. The molecule has 0 saturated heterocycles. The molecule has 0 fully saturated rings. The van der Waals surface area contributed by atoms with E-state index in [0.717, 1.165) is 5.56 Å². The van der Waals surface area contributed by atoms with Crippen molar-refractivity contribution in [3.05, 3.63) is 190 Å². The minimum absolute atomic E-state index is 0.146. The molecule has 0 amide bonds. The fourth-order valence-corrected chi connectivity index (χ4v) is 12.9. The number of hydrogen-bond donors (Lipinski definition) is 0. The Morgan fingerprint density at radius 2 is 0.754 bits per heavy atom. The van der Waals surface area contributed by atoms with E-state index < -0.39 is 25.3 Å². The molecule has 0 aromatic heterocycles. The van der Waals surface area contributed by atoms with Crippen molar-refractivity contribution in [1.29, 1.82) is 0 Å². The van der Waals surface area contributed by atoms with Crippen LogP contribution in [-0.2, 0) is 9.13 Å². The summed E-state index contributed by atoms with van der Waals surface area (Å²) in [4.78, 5) is 56.5. The standard InChI is InChI=1S/C49H46O6P2/c1-33-30-34(2)43(48(52)56(54,38-20-10-6-11-21-38)39-22-12-7-13-23-39)32-42(33)44(50)28-18-19-29-45(51)46-35(3)31-36(4)47(37(46)5)49(53)57(55,40-24-14-8-15-25-40)41-26-16-9-17-27-41/h6-17,20-27,30-32H,18-19,28-29H2,1-5H3. The largest absolute Gasteiger partial charge is 0.305 e. The van der Waals surface area contributed by atoms with Gasteiger partial charge in [-0.05, 0) is 81.3 Å². The summed E-state index contributed by atoms with van der Waals surface area (Å²) in [6, 6.07) is 40.2. The van der Waals surface area contributed by atoms with Crippen LogP contribution in [0, 0.1) is 34.6 Å². The molecular formula is C49H46O6P2. The molecule has 0 heterocycles. The highest BCUT2D eigenvalue weighted by Crippen LogP contribution is 2.49. The van der Waals surface area contributed by atoms with Crippen molar-refractivity contribution in [3.8, 4) is 0 Å². The van der Waals surface area contributed by atoms with E-state index in [4.69, 9.17) is 0 Å². The minimum Gasteiger partial charge on any atom is -0.305 e. The van der Waals surface area contributed by atoms with E-state index in [0.29, 0.717) is 73.0 Å². The van der Waals surface area contributed by atoms with Gasteiger partial charge < -0.3 is 9.13 Å². The zero-order valence-electron chi connectivity index (χ0n) is 33.0.